The molecule has 36 heavy (non-hydrogen) atoms. The molecule has 1 N–H and O–H groups in total. The number of fused-ring (bicyclic) bond motifs is 2. The van der Waals surface area contributed by atoms with Crippen molar-refractivity contribution in [1.82, 2.24) is 4.90 Å². The van der Waals surface area contributed by atoms with E-state index >= 15 is 0 Å². The van der Waals surface area contributed by atoms with Gasteiger partial charge in [0.1, 0.15) is 17.1 Å². The summed E-state index contributed by atoms with van der Waals surface area (Å²) in [5.41, 5.74) is -0.000344. The van der Waals surface area contributed by atoms with Crippen LogP contribution in [0.4, 0.5) is 10.7 Å². The molecule has 0 saturated carbocycles. The average molecular weight is 516 g/mol. The van der Waals surface area contributed by atoms with Gasteiger partial charge in [0, 0.05) is 10.9 Å². The van der Waals surface area contributed by atoms with Gasteiger partial charge in [-0.15, -0.1) is 11.3 Å². The van der Waals surface area contributed by atoms with Crippen LogP contribution in [-0.2, 0) is 31.9 Å². The number of thiophene rings is 1. The Kier molecular flexibility index (Phi) is 6.84. The maximum absolute atomic E-state index is 12.6. The predicted molar refractivity (Wildman–Crippen MR) is 125 cm³/mol. The van der Waals surface area contributed by atoms with Crippen LogP contribution in [0.25, 0.3) is 0 Å². The number of ether oxygens (including phenoxy) is 2. The highest BCUT2D eigenvalue weighted by atomic mass is 32.1. The number of benzene rings is 1. The Bertz CT molecular complexity index is 1320. The van der Waals surface area contributed by atoms with Gasteiger partial charge in [0.05, 0.1) is 23.2 Å². The number of hydrogen-bond donors (Lipinski definition) is 1. The van der Waals surface area contributed by atoms with Crippen LogP contribution in [0.5, 0.6) is 0 Å². The van der Waals surface area contributed by atoms with Crippen LogP contribution >= 0.6 is 11.3 Å². The number of nitrogens with zero attached hydrogens (tertiary/aromatic N) is 2. The normalized spacial score (nSPS) is 16.3. The number of imide groups is 1. The predicted octanol–water partition coefficient (Wildman–Crippen LogP) is 2.35. The molecule has 1 aromatic carbocycles. The molecule has 0 unspecified atom stereocenters. The second-order valence-corrected chi connectivity index (χ2v) is 9.51. The Morgan fingerprint density at radius 3 is 2.69 bits per heavy atom. The Morgan fingerprint density at radius 2 is 2.00 bits per heavy atom. The maximum Gasteiger partial charge on any atom is 0.341 e. The Labute approximate surface area is 208 Å². The first-order valence-corrected chi connectivity index (χ1v) is 11.8. The third-order valence-electron chi connectivity index (χ3n) is 5.98. The summed E-state index contributed by atoms with van der Waals surface area (Å²) in [6, 6.07) is 3.60. The molecular weight excluding hydrogens is 494 g/mol. The van der Waals surface area contributed by atoms with Crippen LogP contribution in [0.1, 0.15) is 54.9 Å². The van der Waals surface area contributed by atoms with Crippen molar-refractivity contribution < 1.29 is 38.4 Å². The summed E-state index contributed by atoms with van der Waals surface area (Å²) < 4.78 is 9.79. The lowest BCUT2D eigenvalue weighted by Gasteiger charge is -2.18. The Balaban J connectivity index is 1.40. The van der Waals surface area contributed by atoms with Gasteiger partial charge < -0.3 is 14.8 Å². The number of hydrogen-bond acceptors (Lipinski definition) is 10. The molecule has 188 valence electrons. The highest BCUT2D eigenvalue weighted by Crippen LogP contribution is 2.40. The number of nitro benzene ring substituents is 1. The fraction of sp³-hybridized carbons (Fsp3) is 0.348. The Morgan fingerprint density at radius 1 is 1.25 bits per heavy atom. The summed E-state index contributed by atoms with van der Waals surface area (Å²) >= 11 is 1.27. The standard InChI is InChI=1S/C23H21N3O9S/c1-11-6-7-12-15(8-11)36-20(19(12)23(31)34-2)24-16(27)10-35-17(28)9-25-21(29)13-4-3-5-14(26(32)33)18(13)22(25)30/h3-5,11H,6-10H2,1-2H3,(H,24,27)/t11-/m0/s1. The molecule has 1 aliphatic heterocycles. The SMILES string of the molecule is COC(=O)c1c(NC(=O)COC(=O)CN2C(=O)c3cccc([N+](=O)[O-])c3C2=O)sc2c1CC[C@H](C)C2. The van der Waals surface area contributed by atoms with Crippen LogP contribution in [0.2, 0.25) is 0 Å². The van der Waals surface area contributed by atoms with Gasteiger partial charge in [-0.2, -0.15) is 0 Å². The topological polar surface area (TPSA) is 162 Å². The number of methoxy groups -OCH3 is 1. The quantitative estimate of drug-likeness (QED) is 0.252. The van der Waals surface area contributed by atoms with E-state index in [4.69, 9.17) is 9.47 Å². The molecule has 12 nitrogen and oxygen atoms in total. The van der Waals surface area contributed by atoms with E-state index in [1.165, 1.54) is 30.6 Å². The fourth-order valence-corrected chi connectivity index (χ4v) is 5.67. The molecule has 1 aliphatic carbocycles. The molecule has 0 fully saturated rings. The molecule has 1 aromatic heterocycles. The van der Waals surface area contributed by atoms with E-state index in [-0.39, 0.29) is 11.1 Å². The van der Waals surface area contributed by atoms with Crippen LogP contribution in [0, 0.1) is 16.0 Å². The number of anilines is 1. The zero-order valence-corrected chi connectivity index (χ0v) is 20.1. The molecule has 13 heteroatoms. The van der Waals surface area contributed by atoms with Crippen molar-refractivity contribution in [2.45, 2.75) is 26.2 Å². The third kappa shape index (κ3) is 4.56. The monoisotopic (exact) mass is 515 g/mol. The van der Waals surface area contributed by atoms with Crippen molar-refractivity contribution in [3.8, 4) is 0 Å². The highest BCUT2D eigenvalue weighted by molar-refractivity contribution is 7.17. The minimum atomic E-state index is -1.06. The molecule has 1 atom stereocenters. The first-order chi connectivity index (χ1) is 17.1. The molecule has 0 saturated heterocycles. The largest absolute Gasteiger partial charge is 0.465 e. The van der Waals surface area contributed by atoms with Gasteiger partial charge in [-0.1, -0.05) is 13.0 Å². The van der Waals surface area contributed by atoms with E-state index in [2.05, 4.69) is 12.2 Å². The van der Waals surface area contributed by atoms with Gasteiger partial charge in [0.25, 0.3) is 23.4 Å². The average Bonchev–Trinajstić information content (AvgIpc) is 3.31. The minimum absolute atomic E-state index is 0.189. The van der Waals surface area contributed by atoms with Crippen molar-refractivity contribution in [1.29, 1.82) is 0 Å². The number of amides is 3. The van der Waals surface area contributed by atoms with E-state index in [1.54, 1.807) is 0 Å². The number of nitro groups is 1. The van der Waals surface area contributed by atoms with Gasteiger partial charge in [-0.05, 0) is 36.8 Å². The number of nitrogens with one attached hydrogen (secondary N) is 1. The summed E-state index contributed by atoms with van der Waals surface area (Å²) in [6.45, 7) is 0.544. The van der Waals surface area contributed by atoms with Crippen molar-refractivity contribution in [2.75, 3.05) is 25.6 Å². The van der Waals surface area contributed by atoms with Crippen LogP contribution in [-0.4, -0.2) is 59.7 Å². The van der Waals surface area contributed by atoms with Gasteiger partial charge in [-0.25, -0.2) is 4.79 Å². The first kappa shape index (κ1) is 25.0. The van der Waals surface area contributed by atoms with Gasteiger partial charge in [0.15, 0.2) is 6.61 Å². The Hall–Kier alpha value is -4.13. The van der Waals surface area contributed by atoms with Crippen molar-refractivity contribution in [3.63, 3.8) is 0 Å². The molecule has 2 aliphatic rings. The van der Waals surface area contributed by atoms with Crippen LogP contribution < -0.4 is 5.32 Å². The second kappa shape index (κ2) is 9.85. The lowest BCUT2D eigenvalue weighted by Crippen LogP contribution is -2.36. The maximum atomic E-state index is 12.6. The first-order valence-electron chi connectivity index (χ1n) is 10.9. The van der Waals surface area contributed by atoms with Crippen molar-refractivity contribution in [3.05, 3.63) is 55.4 Å². The third-order valence-corrected chi connectivity index (χ3v) is 7.15. The summed E-state index contributed by atoms with van der Waals surface area (Å²) in [6.07, 6.45) is 2.35. The lowest BCUT2D eigenvalue weighted by atomic mass is 9.88. The number of rotatable bonds is 7. The van der Waals surface area contributed by atoms with Gasteiger partial charge in [0.2, 0.25) is 0 Å². The van der Waals surface area contributed by atoms with Gasteiger partial charge in [-0.3, -0.25) is 34.2 Å². The molecule has 0 radical (unpaired) electrons. The molecule has 0 bridgehead atoms. The molecular formula is C23H21N3O9S. The minimum Gasteiger partial charge on any atom is -0.465 e. The van der Waals surface area contributed by atoms with Crippen LogP contribution in [0.3, 0.4) is 0 Å². The second-order valence-electron chi connectivity index (χ2n) is 8.41. The zero-order valence-electron chi connectivity index (χ0n) is 19.3. The van der Waals surface area contributed by atoms with E-state index in [1.807, 2.05) is 0 Å². The molecule has 2 aromatic rings. The smallest absolute Gasteiger partial charge is 0.341 e. The summed E-state index contributed by atoms with van der Waals surface area (Å²) in [5, 5.41) is 14.1. The fourth-order valence-electron chi connectivity index (χ4n) is 4.25. The van der Waals surface area contributed by atoms with Crippen molar-refractivity contribution >= 4 is 51.7 Å². The zero-order chi connectivity index (χ0) is 26.1. The number of carbonyl (C=O) groups is 5. The van der Waals surface area contributed by atoms with Crippen LogP contribution in [0.15, 0.2) is 18.2 Å². The molecule has 2 heterocycles. The van der Waals surface area contributed by atoms with E-state index < -0.39 is 59.0 Å². The number of carbonyl (C=O) groups excluding carboxylic acids is 5. The van der Waals surface area contributed by atoms with E-state index in [0.717, 1.165) is 29.3 Å². The van der Waals surface area contributed by atoms with Gasteiger partial charge >= 0.3 is 11.9 Å². The van der Waals surface area contributed by atoms with E-state index in [0.29, 0.717) is 22.2 Å². The summed E-state index contributed by atoms with van der Waals surface area (Å²) in [5.74, 6) is -3.79. The lowest BCUT2D eigenvalue weighted by molar-refractivity contribution is -0.385. The number of esters is 2. The molecule has 4 rings (SSSR count). The van der Waals surface area contributed by atoms with Crippen molar-refractivity contribution in [2.24, 2.45) is 5.92 Å². The highest BCUT2D eigenvalue weighted by Gasteiger charge is 2.42. The van der Waals surface area contributed by atoms with E-state index in [9.17, 15) is 34.1 Å². The molecule has 0 spiro atoms. The summed E-state index contributed by atoms with van der Waals surface area (Å²) in [4.78, 5) is 74.1. The summed E-state index contributed by atoms with van der Waals surface area (Å²) in [7, 11) is 1.25. The molecule has 3 amide bonds.